The molecule has 0 aliphatic heterocycles. The second kappa shape index (κ2) is 9.08. The lowest BCUT2D eigenvalue weighted by molar-refractivity contribution is 0.152. The Balaban J connectivity index is 2.04. The van der Waals surface area contributed by atoms with Crippen molar-refractivity contribution >= 4 is 5.57 Å². The van der Waals surface area contributed by atoms with Crippen LogP contribution in [0, 0.1) is 11.8 Å². The van der Waals surface area contributed by atoms with Gasteiger partial charge in [0.1, 0.15) is 0 Å². The minimum absolute atomic E-state index is 0.102. The molecule has 1 atom stereocenters. The van der Waals surface area contributed by atoms with Crippen molar-refractivity contribution in [2.75, 3.05) is 6.61 Å². The van der Waals surface area contributed by atoms with Crippen molar-refractivity contribution in [2.24, 2.45) is 0 Å². The van der Waals surface area contributed by atoms with Crippen molar-refractivity contribution in [1.29, 1.82) is 0 Å². The van der Waals surface area contributed by atoms with Crippen LogP contribution in [0.1, 0.15) is 54.5 Å². The number of hydrogen-bond acceptors (Lipinski definition) is 2. The van der Waals surface area contributed by atoms with Crippen LogP contribution in [0.3, 0.4) is 0 Å². The van der Waals surface area contributed by atoms with Gasteiger partial charge in [-0.15, -0.1) is 0 Å². The zero-order chi connectivity index (χ0) is 17.4. The van der Waals surface area contributed by atoms with Crippen LogP contribution in [0.15, 0.2) is 55.1 Å². The number of rotatable bonds is 6. The van der Waals surface area contributed by atoms with E-state index in [0.717, 1.165) is 34.2 Å². The average molecular weight is 320 g/mol. The molecule has 0 saturated carbocycles. The molecular formula is C22H24O2. The first kappa shape index (κ1) is 18.0. The molecule has 24 heavy (non-hydrogen) atoms. The van der Waals surface area contributed by atoms with Crippen LogP contribution in [0.2, 0.25) is 0 Å². The Labute approximate surface area is 144 Å². The minimum atomic E-state index is -0.529. The summed E-state index contributed by atoms with van der Waals surface area (Å²) < 4.78 is 0. The molecule has 0 unspecified atom stereocenters. The van der Waals surface area contributed by atoms with Gasteiger partial charge >= 0.3 is 0 Å². The fraction of sp³-hybridized carbons (Fsp3) is 0.273. The third-order valence-corrected chi connectivity index (χ3v) is 4.00. The van der Waals surface area contributed by atoms with Crippen molar-refractivity contribution < 1.29 is 10.2 Å². The van der Waals surface area contributed by atoms with E-state index in [9.17, 15) is 5.11 Å². The van der Waals surface area contributed by atoms with E-state index in [1.54, 1.807) is 0 Å². The Hall–Kier alpha value is -2.34. The SMILES string of the molecule is C=C(CC)c1ccc(C#Cc2ccc([C@H](O)CCCO)cc2)cc1. The molecule has 2 heteroatoms. The first-order chi connectivity index (χ1) is 11.6. The summed E-state index contributed by atoms with van der Waals surface area (Å²) in [7, 11) is 0. The maximum atomic E-state index is 9.99. The first-order valence-electron chi connectivity index (χ1n) is 8.33. The van der Waals surface area contributed by atoms with Crippen LogP contribution in [-0.2, 0) is 0 Å². The van der Waals surface area contributed by atoms with Gasteiger partial charge < -0.3 is 10.2 Å². The van der Waals surface area contributed by atoms with Gasteiger partial charge in [0.15, 0.2) is 0 Å². The Morgan fingerprint density at radius 1 is 1.00 bits per heavy atom. The molecule has 0 aliphatic rings. The van der Waals surface area contributed by atoms with E-state index >= 15 is 0 Å². The largest absolute Gasteiger partial charge is 0.396 e. The Kier molecular flexibility index (Phi) is 6.81. The van der Waals surface area contributed by atoms with E-state index in [-0.39, 0.29) is 6.61 Å². The number of aliphatic hydroxyl groups excluding tert-OH is 2. The predicted octanol–water partition coefficient (Wildman–Crippen LogP) is 4.32. The third-order valence-electron chi connectivity index (χ3n) is 4.00. The summed E-state index contributed by atoms with van der Waals surface area (Å²) in [5.41, 5.74) is 5.02. The van der Waals surface area contributed by atoms with Gasteiger partial charge in [-0.25, -0.2) is 0 Å². The molecule has 124 valence electrons. The van der Waals surface area contributed by atoms with Crippen molar-refractivity contribution in [3.05, 3.63) is 77.4 Å². The second-order valence-electron chi connectivity index (χ2n) is 5.79. The molecule has 0 heterocycles. The van der Waals surface area contributed by atoms with Crippen molar-refractivity contribution in [1.82, 2.24) is 0 Å². The van der Waals surface area contributed by atoms with E-state index in [4.69, 9.17) is 5.11 Å². The quantitative estimate of drug-likeness (QED) is 0.778. The average Bonchev–Trinajstić information content (AvgIpc) is 2.64. The highest BCUT2D eigenvalue weighted by atomic mass is 16.3. The minimum Gasteiger partial charge on any atom is -0.396 e. The lowest BCUT2D eigenvalue weighted by Gasteiger charge is -2.09. The maximum Gasteiger partial charge on any atom is 0.0790 e. The number of allylic oxidation sites excluding steroid dienone is 1. The van der Waals surface area contributed by atoms with Crippen LogP contribution in [0.5, 0.6) is 0 Å². The van der Waals surface area contributed by atoms with Gasteiger partial charge in [-0.2, -0.15) is 0 Å². The normalized spacial score (nSPS) is 11.5. The van der Waals surface area contributed by atoms with Gasteiger partial charge in [-0.1, -0.05) is 49.6 Å². The Morgan fingerprint density at radius 3 is 2.04 bits per heavy atom. The molecule has 0 aliphatic carbocycles. The molecule has 2 N–H and O–H groups in total. The van der Waals surface area contributed by atoms with Crippen LogP contribution in [-0.4, -0.2) is 16.8 Å². The molecule has 0 amide bonds. The summed E-state index contributed by atoms with van der Waals surface area (Å²) in [5, 5.41) is 18.8. The Morgan fingerprint density at radius 2 is 1.54 bits per heavy atom. The van der Waals surface area contributed by atoms with Crippen LogP contribution < -0.4 is 0 Å². The zero-order valence-corrected chi connectivity index (χ0v) is 14.1. The molecule has 2 rings (SSSR count). The topological polar surface area (TPSA) is 40.5 Å². The molecular weight excluding hydrogens is 296 g/mol. The molecule has 0 bridgehead atoms. The highest BCUT2D eigenvalue weighted by molar-refractivity contribution is 5.63. The summed E-state index contributed by atoms with van der Waals surface area (Å²) in [4.78, 5) is 0. The fourth-order valence-corrected chi connectivity index (χ4v) is 2.38. The summed E-state index contributed by atoms with van der Waals surface area (Å²) in [6, 6.07) is 15.7. The van der Waals surface area contributed by atoms with Gasteiger partial charge in [0, 0.05) is 17.7 Å². The van der Waals surface area contributed by atoms with E-state index in [2.05, 4.69) is 37.5 Å². The van der Waals surface area contributed by atoms with Crippen LogP contribution >= 0.6 is 0 Å². The number of hydrogen-bond donors (Lipinski definition) is 2. The molecule has 0 radical (unpaired) electrons. The predicted molar refractivity (Wildman–Crippen MR) is 99.5 cm³/mol. The molecule has 2 aromatic rings. The lowest BCUT2D eigenvalue weighted by Crippen LogP contribution is -1.98. The molecule has 2 nitrogen and oxygen atoms in total. The van der Waals surface area contributed by atoms with Gasteiger partial charge in [0.2, 0.25) is 0 Å². The summed E-state index contributed by atoms with van der Waals surface area (Å²) >= 11 is 0. The van der Waals surface area contributed by atoms with E-state index in [0.29, 0.717) is 12.8 Å². The van der Waals surface area contributed by atoms with Crippen LogP contribution in [0.25, 0.3) is 5.57 Å². The van der Waals surface area contributed by atoms with Crippen molar-refractivity contribution in [3.63, 3.8) is 0 Å². The van der Waals surface area contributed by atoms with E-state index in [1.807, 2.05) is 36.4 Å². The molecule has 2 aromatic carbocycles. The van der Waals surface area contributed by atoms with E-state index < -0.39 is 6.10 Å². The summed E-state index contributed by atoms with van der Waals surface area (Å²) in [6.07, 6.45) is 1.58. The van der Waals surface area contributed by atoms with Crippen molar-refractivity contribution in [2.45, 2.75) is 32.3 Å². The highest BCUT2D eigenvalue weighted by Crippen LogP contribution is 2.18. The van der Waals surface area contributed by atoms with Gasteiger partial charge in [0.05, 0.1) is 6.10 Å². The third kappa shape index (κ3) is 5.09. The molecule has 0 spiro atoms. The van der Waals surface area contributed by atoms with E-state index in [1.165, 1.54) is 0 Å². The summed E-state index contributed by atoms with van der Waals surface area (Å²) in [5.74, 6) is 6.29. The number of benzene rings is 2. The fourth-order valence-electron chi connectivity index (χ4n) is 2.38. The van der Waals surface area contributed by atoms with Gasteiger partial charge in [-0.3, -0.25) is 0 Å². The highest BCUT2D eigenvalue weighted by Gasteiger charge is 2.06. The molecule has 0 fully saturated rings. The first-order valence-corrected chi connectivity index (χ1v) is 8.33. The standard InChI is InChI=1S/C22H24O2/c1-3-17(2)20-12-8-18(9-13-20)6-7-19-10-14-21(15-11-19)22(24)5-4-16-23/h8-15,22-24H,2-5,16H2,1H3/t22-/m1/s1. The second-order valence-corrected chi connectivity index (χ2v) is 5.79. The van der Waals surface area contributed by atoms with Gasteiger partial charge in [0.25, 0.3) is 0 Å². The van der Waals surface area contributed by atoms with Crippen molar-refractivity contribution in [3.8, 4) is 11.8 Å². The molecule has 0 aromatic heterocycles. The van der Waals surface area contributed by atoms with Crippen LogP contribution in [0.4, 0.5) is 0 Å². The van der Waals surface area contributed by atoms with Gasteiger partial charge in [-0.05, 0) is 60.2 Å². The number of aliphatic hydroxyl groups is 2. The molecule has 0 saturated heterocycles. The monoisotopic (exact) mass is 320 g/mol. The zero-order valence-electron chi connectivity index (χ0n) is 14.1. The lowest BCUT2D eigenvalue weighted by atomic mass is 10.0. The smallest absolute Gasteiger partial charge is 0.0790 e. The Bertz CT molecular complexity index is 715. The summed E-state index contributed by atoms with van der Waals surface area (Å²) in [6.45, 7) is 6.24. The maximum absolute atomic E-state index is 9.99.